The Morgan fingerprint density at radius 2 is 2.15 bits per heavy atom. The van der Waals surface area contributed by atoms with Crippen molar-refractivity contribution in [3.63, 3.8) is 0 Å². The van der Waals surface area contributed by atoms with Crippen molar-refractivity contribution in [1.82, 2.24) is 0 Å². The van der Waals surface area contributed by atoms with Crippen LogP contribution in [0.25, 0.3) is 0 Å². The number of hydrogen-bond donors (Lipinski definition) is 2. The van der Waals surface area contributed by atoms with E-state index in [0.29, 0.717) is 3.57 Å². The molecule has 0 aliphatic heterocycles. The molecule has 0 radical (unpaired) electrons. The van der Waals surface area contributed by atoms with Crippen LogP contribution in [0.3, 0.4) is 0 Å². The average Bonchev–Trinajstić information content (AvgIpc) is 2.09. The maximum atomic E-state index is 10.5. The molecule has 0 saturated carbocycles. The Kier molecular flexibility index (Phi) is 2.72. The summed E-state index contributed by atoms with van der Waals surface area (Å²) in [5.74, 6) is -1.29. The van der Waals surface area contributed by atoms with Crippen LogP contribution in [0.2, 0.25) is 0 Å². The maximum absolute atomic E-state index is 10.5. The fourth-order valence-electron chi connectivity index (χ4n) is 0.808. The molecule has 0 aliphatic rings. The standard InChI is InChI=1S/C8H4INO3/c9-6-2-4(8(12)13)1-5(3-10)7(6)11/h1-2,11H,(H,12,13). The number of carboxylic acids is 1. The molecule has 0 amide bonds. The van der Waals surface area contributed by atoms with Gasteiger partial charge in [-0.1, -0.05) is 0 Å². The zero-order chi connectivity index (χ0) is 10.0. The molecule has 1 aromatic rings. The second-order valence-corrected chi connectivity index (χ2v) is 3.43. The van der Waals surface area contributed by atoms with Gasteiger partial charge in [-0.05, 0) is 34.7 Å². The van der Waals surface area contributed by atoms with Crippen LogP contribution in [0.1, 0.15) is 15.9 Å². The van der Waals surface area contributed by atoms with Crippen LogP contribution in [0.15, 0.2) is 12.1 Å². The Bertz CT molecular complexity index is 409. The first-order chi connectivity index (χ1) is 6.06. The Balaban J connectivity index is 3.41. The summed E-state index contributed by atoms with van der Waals surface area (Å²) in [4.78, 5) is 10.5. The van der Waals surface area contributed by atoms with Crippen LogP contribution in [0.5, 0.6) is 5.75 Å². The molecule has 0 heterocycles. The molecule has 0 saturated heterocycles. The van der Waals surface area contributed by atoms with E-state index in [1.54, 1.807) is 28.7 Å². The van der Waals surface area contributed by atoms with Gasteiger partial charge in [0.1, 0.15) is 11.8 Å². The lowest BCUT2D eigenvalue weighted by molar-refractivity contribution is 0.0697. The van der Waals surface area contributed by atoms with Crippen molar-refractivity contribution < 1.29 is 15.0 Å². The van der Waals surface area contributed by atoms with Crippen LogP contribution in [-0.2, 0) is 0 Å². The highest BCUT2D eigenvalue weighted by Crippen LogP contribution is 2.25. The van der Waals surface area contributed by atoms with Gasteiger partial charge in [0, 0.05) is 0 Å². The first kappa shape index (κ1) is 9.80. The van der Waals surface area contributed by atoms with Gasteiger partial charge in [0.2, 0.25) is 0 Å². The van der Waals surface area contributed by atoms with Gasteiger partial charge in [-0.15, -0.1) is 0 Å². The third kappa shape index (κ3) is 1.89. The summed E-state index contributed by atoms with van der Waals surface area (Å²) >= 11 is 1.77. The fraction of sp³-hybridized carbons (Fsp3) is 0. The molecule has 0 unspecified atom stereocenters. The highest BCUT2D eigenvalue weighted by molar-refractivity contribution is 14.1. The van der Waals surface area contributed by atoms with Gasteiger partial charge in [0.05, 0.1) is 14.7 Å². The van der Waals surface area contributed by atoms with Crippen molar-refractivity contribution in [2.45, 2.75) is 0 Å². The molecule has 0 atom stereocenters. The molecule has 0 fully saturated rings. The van der Waals surface area contributed by atoms with Crippen LogP contribution in [0.4, 0.5) is 0 Å². The lowest BCUT2D eigenvalue weighted by Crippen LogP contribution is -1.97. The van der Waals surface area contributed by atoms with Gasteiger partial charge in [0.15, 0.2) is 0 Å². The highest BCUT2D eigenvalue weighted by atomic mass is 127. The molecule has 0 bridgehead atoms. The van der Waals surface area contributed by atoms with Crippen molar-refractivity contribution in [1.29, 1.82) is 5.26 Å². The summed E-state index contributed by atoms with van der Waals surface area (Å²) in [6.07, 6.45) is 0. The van der Waals surface area contributed by atoms with Crippen LogP contribution in [-0.4, -0.2) is 16.2 Å². The van der Waals surface area contributed by atoms with Crippen molar-refractivity contribution in [3.8, 4) is 11.8 Å². The first-order valence-electron chi connectivity index (χ1n) is 3.22. The van der Waals surface area contributed by atoms with E-state index in [2.05, 4.69) is 0 Å². The Morgan fingerprint density at radius 3 is 2.62 bits per heavy atom. The number of rotatable bonds is 1. The topological polar surface area (TPSA) is 81.3 Å². The summed E-state index contributed by atoms with van der Waals surface area (Å²) in [5.41, 5.74) is -0.0250. The Morgan fingerprint density at radius 1 is 1.54 bits per heavy atom. The molecular weight excluding hydrogens is 285 g/mol. The van der Waals surface area contributed by atoms with Crippen molar-refractivity contribution in [3.05, 3.63) is 26.8 Å². The minimum atomic E-state index is -1.12. The van der Waals surface area contributed by atoms with Crippen LogP contribution in [0, 0.1) is 14.9 Å². The summed E-state index contributed by atoms with van der Waals surface area (Å²) in [7, 11) is 0. The number of phenolic OH excluding ortho intramolecular Hbond substituents is 1. The number of benzene rings is 1. The van der Waals surface area contributed by atoms with E-state index >= 15 is 0 Å². The molecule has 1 rings (SSSR count). The van der Waals surface area contributed by atoms with E-state index in [4.69, 9.17) is 10.4 Å². The smallest absolute Gasteiger partial charge is 0.335 e. The number of carboxylic acid groups (broad SMARTS) is 1. The van der Waals surface area contributed by atoms with E-state index < -0.39 is 5.97 Å². The second kappa shape index (κ2) is 3.62. The van der Waals surface area contributed by atoms with E-state index in [1.807, 2.05) is 0 Å². The lowest BCUT2D eigenvalue weighted by Gasteiger charge is -2.00. The number of halogens is 1. The number of nitriles is 1. The molecule has 0 spiro atoms. The molecule has 0 aromatic heterocycles. The minimum absolute atomic E-state index is 0.00116. The molecule has 5 heteroatoms. The predicted molar refractivity (Wildman–Crippen MR) is 52.5 cm³/mol. The van der Waals surface area contributed by atoms with Crippen LogP contribution >= 0.6 is 22.6 Å². The van der Waals surface area contributed by atoms with Crippen molar-refractivity contribution >= 4 is 28.6 Å². The summed E-state index contributed by atoms with van der Waals surface area (Å²) in [6, 6.07) is 4.16. The molecule has 1 aromatic carbocycles. The number of aromatic hydroxyl groups is 1. The van der Waals surface area contributed by atoms with Crippen molar-refractivity contribution in [2.24, 2.45) is 0 Å². The molecule has 0 aliphatic carbocycles. The van der Waals surface area contributed by atoms with Crippen molar-refractivity contribution in [2.75, 3.05) is 0 Å². The van der Waals surface area contributed by atoms with E-state index in [9.17, 15) is 9.90 Å². The second-order valence-electron chi connectivity index (χ2n) is 2.27. The predicted octanol–water partition coefficient (Wildman–Crippen LogP) is 1.57. The van der Waals surface area contributed by atoms with E-state index in [1.165, 1.54) is 6.07 Å². The lowest BCUT2D eigenvalue weighted by atomic mass is 10.1. The van der Waals surface area contributed by atoms with Gasteiger partial charge in [-0.3, -0.25) is 0 Å². The van der Waals surface area contributed by atoms with E-state index in [0.717, 1.165) is 6.07 Å². The Labute approximate surface area is 87.6 Å². The molecule has 13 heavy (non-hydrogen) atoms. The molecule has 4 nitrogen and oxygen atoms in total. The van der Waals surface area contributed by atoms with Gasteiger partial charge in [-0.25, -0.2) is 4.79 Å². The first-order valence-corrected chi connectivity index (χ1v) is 4.30. The SMILES string of the molecule is N#Cc1cc(C(=O)O)cc(I)c1O. The summed E-state index contributed by atoms with van der Waals surface area (Å²) in [5, 5.41) is 26.4. The van der Waals surface area contributed by atoms with Gasteiger partial charge in [-0.2, -0.15) is 5.26 Å². The number of phenols is 1. The number of carbonyl (C=O) groups is 1. The number of aromatic carboxylic acids is 1. The highest BCUT2D eigenvalue weighted by Gasteiger charge is 2.11. The largest absolute Gasteiger partial charge is 0.505 e. The fourth-order valence-corrected chi connectivity index (χ4v) is 1.43. The third-order valence-corrected chi connectivity index (χ3v) is 2.25. The quantitative estimate of drug-likeness (QED) is 0.769. The third-order valence-electron chi connectivity index (χ3n) is 1.43. The molecule has 66 valence electrons. The molecular formula is C8H4INO3. The normalized spacial score (nSPS) is 9.23. The monoisotopic (exact) mass is 289 g/mol. The zero-order valence-electron chi connectivity index (χ0n) is 6.28. The van der Waals surface area contributed by atoms with Gasteiger partial charge >= 0.3 is 5.97 Å². The Hall–Kier alpha value is -1.29. The zero-order valence-corrected chi connectivity index (χ0v) is 8.44. The summed E-state index contributed by atoms with van der Waals surface area (Å²) < 4.78 is 0.356. The average molecular weight is 289 g/mol. The summed E-state index contributed by atoms with van der Waals surface area (Å²) in [6.45, 7) is 0. The van der Waals surface area contributed by atoms with Gasteiger partial charge in [0.25, 0.3) is 0 Å². The van der Waals surface area contributed by atoms with Gasteiger partial charge < -0.3 is 10.2 Å². The number of nitrogens with zero attached hydrogens (tertiary/aromatic N) is 1. The van der Waals surface area contributed by atoms with Crippen LogP contribution < -0.4 is 0 Å². The van der Waals surface area contributed by atoms with E-state index in [-0.39, 0.29) is 16.9 Å². The minimum Gasteiger partial charge on any atom is -0.505 e. The number of hydrogen-bond acceptors (Lipinski definition) is 3. The molecule has 2 N–H and O–H groups in total. The maximum Gasteiger partial charge on any atom is 0.335 e.